The fraction of sp³-hybridized carbons (Fsp3) is 0. The second-order valence-electron chi connectivity index (χ2n) is 5.13. The Morgan fingerprint density at radius 2 is 1.72 bits per heavy atom. The van der Waals surface area contributed by atoms with Crippen LogP contribution in [-0.2, 0) is 0 Å². The molecule has 2 heterocycles. The number of halogens is 1. The molecule has 0 bridgehead atoms. The standard InChI is InChI=1S/C17H12N4O2S.BrH/c22-11-7-5-10(6-8-11)14-9-24-17(19-14)21-20-15-12-3-1-2-4-13(12)18-16(15)23;/h1-9,18,22-23H;1H. The minimum atomic E-state index is -0.0183. The molecule has 0 radical (unpaired) electrons. The van der Waals surface area contributed by atoms with Crippen LogP contribution < -0.4 is 0 Å². The molecule has 0 amide bonds. The molecule has 0 atom stereocenters. The van der Waals surface area contributed by atoms with Crippen molar-refractivity contribution in [1.29, 1.82) is 0 Å². The van der Waals surface area contributed by atoms with Crippen LogP contribution in [0.15, 0.2) is 64.1 Å². The number of H-pyrrole nitrogens is 1. The molecule has 0 aliphatic rings. The predicted molar refractivity (Wildman–Crippen MR) is 104 cm³/mol. The van der Waals surface area contributed by atoms with Gasteiger partial charge in [-0.05, 0) is 30.3 Å². The third-order valence-electron chi connectivity index (χ3n) is 3.55. The van der Waals surface area contributed by atoms with Crippen LogP contribution >= 0.6 is 28.3 Å². The van der Waals surface area contributed by atoms with E-state index >= 15 is 0 Å². The monoisotopic (exact) mass is 416 g/mol. The SMILES string of the molecule is Br.Oc1ccc(-c2csc(N=Nc3c(O)[nH]c4ccccc34)n2)cc1. The Morgan fingerprint density at radius 3 is 2.52 bits per heavy atom. The number of fused-ring (bicyclic) bond motifs is 1. The number of nitrogens with one attached hydrogen (secondary N) is 1. The zero-order valence-corrected chi connectivity index (χ0v) is 15.3. The number of phenols is 1. The van der Waals surface area contributed by atoms with E-state index in [0.29, 0.717) is 10.8 Å². The van der Waals surface area contributed by atoms with E-state index in [-0.39, 0.29) is 28.6 Å². The van der Waals surface area contributed by atoms with Crippen molar-refractivity contribution in [3.8, 4) is 22.9 Å². The van der Waals surface area contributed by atoms with Gasteiger partial charge in [0, 0.05) is 16.3 Å². The van der Waals surface area contributed by atoms with Crippen molar-refractivity contribution in [1.82, 2.24) is 9.97 Å². The molecule has 2 aromatic heterocycles. The van der Waals surface area contributed by atoms with Crippen LogP contribution in [0.2, 0.25) is 0 Å². The van der Waals surface area contributed by atoms with Gasteiger partial charge in [0.1, 0.15) is 5.75 Å². The van der Waals surface area contributed by atoms with Gasteiger partial charge < -0.3 is 15.2 Å². The largest absolute Gasteiger partial charge is 0.508 e. The molecule has 0 unspecified atom stereocenters. The summed E-state index contributed by atoms with van der Waals surface area (Å²) in [5.74, 6) is 0.193. The zero-order valence-electron chi connectivity index (χ0n) is 12.7. The number of para-hydroxylation sites is 1. The Kier molecular flexibility index (Phi) is 4.82. The molecule has 8 heteroatoms. The molecule has 0 saturated carbocycles. The summed E-state index contributed by atoms with van der Waals surface area (Å²) in [7, 11) is 0. The number of aromatic hydroxyl groups is 2. The van der Waals surface area contributed by atoms with E-state index in [1.807, 2.05) is 29.6 Å². The first-order valence-corrected chi connectivity index (χ1v) is 8.05. The molecule has 0 fully saturated rings. The van der Waals surface area contributed by atoms with E-state index < -0.39 is 0 Å². The van der Waals surface area contributed by atoms with Crippen LogP contribution in [0.3, 0.4) is 0 Å². The maximum atomic E-state index is 9.97. The van der Waals surface area contributed by atoms with Crippen LogP contribution in [0, 0.1) is 0 Å². The quantitative estimate of drug-likeness (QED) is 0.374. The highest BCUT2D eigenvalue weighted by Gasteiger charge is 2.10. The average molecular weight is 417 g/mol. The second-order valence-corrected chi connectivity index (χ2v) is 5.97. The van der Waals surface area contributed by atoms with Crippen molar-refractivity contribution in [3.05, 3.63) is 53.9 Å². The third kappa shape index (κ3) is 3.40. The molecule has 126 valence electrons. The lowest BCUT2D eigenvalue weighted by molar-refractivity contribution is 0.459. The Bertz CT molecular complexity index is 1040. The highest BCUT2D eigenvalue weighted by Crippen LogP contribution is 2.36. The number of nitrogens with zero attached hydrogens (tertiary/aromatic N) is 3. The number of rotatable bonds is 3. The van der Waals surface area contributed by atoms with Crippen molar-refractivity contribution in [3.63, 3.8) is 0 Å². The van der Waals surface area contributed by atoms with Gasteiger partial charge in [-0.1, -0.05) is 18.2 Å². The Hall–Kier alpha value is -2.71. The lowest BCUT2D eigenvalue weighted by atomic mass is 10.2. The van der Waals surface area contributed by atoms with Gasteiger partial charge in [-0.2, -0.15) is 0 Å². The van der Waals surface area contributed by atoms with Crippen molar-refractivity contribution >= 4 is 50.0 Å². The number of benzene rings is 2. The van der Waals surface area contributed by atoms with Gasteiger partial charge in [0.2, 0.25) is 11.0 Å². The van der Waals surface area contributed by atoms with Crippen molar-refractivity contribution < 1.29 is 10.2 Å². The first-order chi connectivity index (χ1) is 11.7. The van der Waals surface area contributed by atoms with E-state index in [9.17, 15) is 10.2 Å². The molecular formula is C17H13BrN4O2S. The lowest BCUT2D eigenvalue weighted by Gasteiger charge is -1.95. The first-order valence-electron chi connectivity index (χ1n) is 7.17. The highest BCUT2D eigenvalue weighted by atomic mass is 79.9. The average Bonchev–Trinajstić information content (AvgIpc) is 3.17. The van der Waals surface area contributed by atoms with Crippen LogP contribution in [-0.4, -0.2) is 20.2 Å². The van der Waals surface area contributed by atoms with Crippen LogP contribution in [0.1, 0.15) is 0 Å². The molecule has 0 aliphatic heterocycles. The maximum absolute atomic E-state index is 9.97. The molecule has 4 aromatic rings. The number of azo groups is 1. The first kappa shape index (κ1) is 17.1. The van der Waals surface area contributed by atoms with Crippen LogP contribution in [0.5, 0.6) is 11.6 Å². The molecule has 6 nitrogen and oxygen atoms in total. The van der Waals surface area contributed by atoms with Crippen LogP contribution in [0.25, 0.3) is 22.2 Å². The Morgan fingerprint density at radius 1 is 0.960 bits per heavy atom. The van der Waals surface area contributed by atoms with Gasteiger partial charge in [-0.25, -0.2) is 4.98 Å². The van der Waals surface area contributed by atoms with Gasteiger partial charge in [-0.3, -0.25) is 0 Å². The number of phenolic OH excluding ortho intramolecular Hbond substituents is 1. The van der Waals surface area contributed by atoms with Gasteiger partial charge >= 0.3 is 0 Å². The van der Waals surface area contributed by atoms with E-state index in [0.717, 1.165) is 22.2 Å². The summed E-state index contributed by atoms with van der Waals surface area (Å²) in [6.07, 6.45) is 0. The molecule has 25 heavy (non-hydrogen) atoms. The van der Waals surface area contributed by atoms with Gasteiger partial charge in [0.15, 0.2) is 5.69 Å². The van der Waals surface area contributed by atoms with Crippen molar-refractivity contribution in [2.75, 3.05) is 0 Å². The number of aromatic nitrogens is 2. The summed E-state index contributed by atoms with van der Waals surface area (Å²) in [4.78, 5) is 7.26. The summed E-state index contributed by atoms with van der Waals surface area (Å²) >= 11 is 1.36. The predicted octanol–water partition coefficient (Wildman–Crippen LogP) is 5.70. The smallest absolute Gasteiger partial charge is 0.230 e. The number of hydrogen-bond donors (Lipinski definition) is 3. The Labute approximate surface area is 157 Å². The van der Waals surface area contributed by atoms with E-state index in [1.54, 1.807) is 24.3 Å². The zero-order chi connectivity index (χ0) is 16.5. The fourth-order valence-electron chi connectivity index (χ4n) is 2.38. The van der Waals surface area contributed by atoms with Gasteiger partial charge in [0.05, 0.1) is 11.2 Å². The van der Waals surface area contributed by atoms with Crippen molar-refractivity contribution in [2.45, 2.75) is 0 Å². The number of aromatic amines is 1. The normalized spacial score (nSPS) is 11.0. The Balaban J connectivity index is 0.00000182. The maximum Gasteiger partial charge on any atom is 0.230 e. The summed E-state index contributed by atoms with van der Waals surface area (Å²) in [5.41, 5.74) is 2.84. The van der Waals surface area contributed by atoms with Crippen molar-refractivity contribution in [2.24, 2.45) is 10.2 Å². The molecule has 2 aromatic carbocycles. The number of thiazole rings is 1. The topological polar surface area (TPSA) is 93.9 Å². The minimum Gasteiger partial charge on any atom is -0.508 e. The second kappa shape index (κ2) is 7.04. The summed E-state index contributed by atoms with van der Waals surface area (Å²) < 4.78 is 0. The van der Waals surface area contributed by atoms with Gasteiger partial charge in [0.25, 0.3) is 0 Å². The van der Waals surface area contributed by atoms with E-state index in [2.05, 4.69) is 20.2 Å². The molecule has 0 aliphatic carbocycles. The third-order valence-corrected chi connectivity index (χ3v) is 4.28. The summed E-state index contributed by atoms with van der Waals surface area (Å²) in [6, 6.07) is 14.3. The van der Waals surface area contributed by atoms with Gasteiger partial charge in [-0.15, -0.1) is 38.5 Å². The molecule has 4 rings (SSSR count). The van der Waals surface area contributed by atoms with Crippen LogP contribution in [0.4, 0.5) is 10.8 Å². The minimum absolute atomic E-state index is 0. The summed E-state index contributed by atoms with van der Waals surface area (Å²) in [5, 5.41) is 30.7. The molecule has 3 N–H and O–H groups in total. The molecule has 0 spiro atoms. The van der Waals surface area contributed by atoms with E-state index in [4.69, 9.17) is 0 Å². The fourth-order valence-corrected chi connectivity index (χ4v) is 3.03. The summed E-state index contributed by atoms with van der Waals surface area (Å²) in [6.45, 7) is 0. The molecular weight excluding hydrogens is 404 g/mol. The van der Waals surface area contributed by atoms with E-state index in [1.165, 1.54) is 11.3 Å². The highest BCUT2D eigenvalue weighted by molar-refractivity contribution is 8.93. The molecule has 0 saturated heterocycles. The number of hydrogen-bond acceptors (Lipinski definition) is 6. The lowest BCUT2D eigenvalue weighted by Crippen LogP contribution is -1.75.